The Balaban J connectivity index is 1.37. The molecule has 1 saturated carbocycles. The van der Waals surface area contributed by atoms with Gasteiger partial charge in [-0.25, -0.2) is 4.98 Å². The highest BCUT2D eigenvalue weighted by Crippen LogP contribution is 2.42. The molecule has 1 aromatic carbocycles. The molecule has 7 heteroatoms. The lowest BCUT2D eigenvalue weighted by Crippen LogP contribution is -2.46. The molecule has 0 radical (unpaired) electrons. The molecule has 2 saturated heterocycles. The number of hydrogen-bond donors (Lipinski definition) is 1. The standard InChI is InChI=1S/C26H32N4O3/c1-32-22-9-4-17(5-10-22)26(31)29-14-18-3-2-12-27-25(18)28-23-11-8-19(13-24(23)29)30-20-6-7-21(30)16-33-15-20/h2-3,8,11-13,17,20-22H,4-7,9-10,14-16H2,1H3,(H,27,28). The van der Waals surface area contributed by atoms with Crippen molar-refractivity contribution in [3.8, 4) is 0 Å². The van der Waals surface area contributed by atoms with Gasteiger partial charge in [-0.2, -0.15) is 0 Å². The molecule has 33 heavy (non-hydrogen) atoms. The van der Waals surface area contributed by atoms with Crippen molar-refractivity contribution in [3.63, 3.8) is 0 Å². The summed E-state index contributed by atoms with van der Waals surface area (Å²) in [6.07, 6.45) is 8.06. The van der Waals surface area contributed by atoms with E-state index in [9.17, 15) is 4.79 Å². The van der Waals surface area contributed by atoms with Crippen molar-refractivity contribution >= 4 is 28.8 Å². The first-order chi connectivity index (χ1) is 16.2. The van der Waals surface area contributed by atoms with Gasteiger partial charge in [0.05, 0.1) is 49.3 Å². The van der Waals surface area contributed by atoms with Crippen LogP contribution in [0.4, 0.5) is 22.9 Å². The van der Waals surface area contributed by atoms with Crippen LogP contribution in [0.2, 0.25) is 0 Å². The van der Waals surface area contributed by atoms with Crippen LogP contribution in [0.25, 0.3) is 0 Å². The summed E-state index contributed by atoms with van der Waals surface area (Å²) in [6, 6.07) is 11.4. The lowest BCUT2D eigenvalue weighted by Gasteiger charge is -2.37. The van der Waals surface area contributed by atoms with E-state index in [1.165, 1.54) is 18.5 Å². The van der Waals surface area contributed by atoms with Crippen LogP contribution in [0.15, 0.2) is 36.5 Å². The second-order valence-corrected chi connectivity index (χ2v) is 9.80. The van der Waals surface area contributed by atoms with Crippen LogP contribution in [0, 0.1) is 5.92 Å². The molecule has 4 heterocycles. The molecular weight excluding hydrogens is 416 g/mol. The van der Waals surface area contributed by atoms with Gasteiger partial charge in [0.25, 0.3) is 0 Å². The van der Waals surface area contributed by atoms with Crippen LogP contribution in [-0.2, 0) is 20.8 Å². The van der Waals surface area contributed by atoms with Gasteiger partial charge in [0, 0.05) is 30.5 Å². The Bertz CT molecular complexity index is 1020. The highest BCUT2D eigenvalue weighted by atomic mass is 16.5. The smallest absolute Gasteiger partial charge is 0.230 e. The van der Waals surface area contributed by atoms with E-state index in [-0.39, 0.29) is 17.9 Å². The van der Waals surface area contributed by atoms with Gasteiger partial charge in [-0.1, -0.05) is 6.07 Å². The van der Waals surface area contributed by atoms with Crippen LogP contribution < -0.4 is 15.1 Å². The first kappa shape index (κ1) is 20.9. The van der Waals surface area contributed by atoms with Gasteiger partial charge in [0.1, 0.15) is 5.82 Å². The normalized spacial score (nSPS) is 28.5. The third-order valence-electron chi connectivity index (χ3n) is 7.91. The molecule has 0 spiro atoms. The monoisotopic (exact) mass is 448 g/mol. The lowest BCUT2D eigenvalue weighted by atomic mass is 9.86. The van der Waals surface area contributed by atoms with E-state index in [0.717, 1.165) is 61.7 Å². The number of methoxy groups -OCH3 is 1. The molecule has 3 aliphatic heterocycles. The number of aromatic nitrogens is 1. The number of amides is 1. The minimum Gasteiger partial charge on any atom is -0.381 e. The second kappa shape index (κ2) is 8.61. The predicted octanol–water partition coefficient (Wildman–Crippen LogP) is 4.24. The second-order valence-electron chi connectivity index (χ2n) is 9.80. The van der Waals surface area contributed by atoms with Crippen LogP contribution in [0.1, 0.15) is 44.1 Å². The molecule has 2 bridgehead atoms. The summed E-state index contributed by atoms with van der Waals surface area (Å²) >= 11 is 0. The van der Waals surface area contributed by atoms with Crippen molar-refractivity contribution in [2.75, 3.05) is 35.4 Å². The largest absolute Gasteiger partial charge is 0.381 e. The Labute approximate surface area is 195 Å². The number of ether oxygens (including phenoxy) is 2. The van der Waals surface area contributed by atoms with Gasteiger partial charge in [0.15, 0.2) is 0 Å². The van der Waals surface area contributed by atoms with Crippen LogP contribution in [0.3, 0.4) is 0 Å². The number of nitrogens with one attached hydrogen (secondary N) is 1. The van der Waals surface area contributed by atoms with Crippen LogP contribution in [-0.4, -0.2) is 49.4 Å². The highest BCUT2D eigenvalue weighted by Gasteiger charge is 2.38. The van der Waals surface area contributed by atoms with Gasteiger partial charge in [-0.15, -0.1) is 0 Å². The number of morpholine rings is 1. The summed E-state index contributed by atoms with van der Waals surface area (Å²) in [5.74, 6) is 1.08. The predicted molar refractivity (Wildman–Crippen MR) is 128 cm³/mol. The first-order valence-electron chi connectivity index (χ1n) is 12.3. The molecule has 174 valence electrons. The van der Waals surface area contributed by atoms with Gasteiger partial charge in [0.2, 0.25) is 5.91 Å². The molecular formula is C26H32N4O3. The number of benzene rings is 1. The first-order valence-corrected chi connectivity index (χ1v) is 12.3. The average Bonchev–Trinajstić information content (AvgIpc) is 3.02. The number of fused-ring (bicyclic) bond motifs is 4. The summed E-state index contributed by atoms with van der Waals surface area (Å²) in [4.78, 5) is 23.0. The maximum atomic E-state index is 13.9. The summed E-state index contributed by atoms with van der Waals surface area (Å²) in [6.45, 7) is 2.10. The zero-order valence-electron chi connectivity index (χ0n) is 19.2. The SMILES string of the molecule is COC1CCC(C(=O)N2Cc3cccnc3Nc3ccc(N4C5CCC4COC5)cc32)CC1. The van der Waals surface area contributed by atoms with Crippen LogP contribution in [0.5, 0.6) is 0 Å². The quantitative estimate of drug-likeness (QED) is 0.758. The molecule has 4 aliphatic rings. The zero-order chi connectivity index (χ0) is 22.4. The summed E-state index contributed by atoms with van der Waals surface area (Å²) < 4.78 is 11.3. The van der Waals surface area contributed by atoms with Crippen molar-refractivity contribution in [1.29, 1.82) is 0 Å². The van der Waals surface area contributed by atoms with Gasteiger partial charge in [-0.05, 0) is 62.8 Å². The fraction of sp³-hybridized carbons (Fsp3) is 0.538. The number of carbonyl (C=O) groups excluding carboxylic acids is 1. The van der Waals surface area contributed by atoms with E-state index in [1.807, 2.05) is 11.0 Å². The maximum Gasteiger partial charge on any atom is 0.230 e. The number of carbonyl (C=O) groups is 1. The molecule has 2 unspecified atom stereocenters. The zero-order valence-corrected chi connectivity index (χ0v) is 19.2. The van der Waals surface area contributed by atoms with E-state index in [1.54, 1.807) is 13.3 Å². The summed E-state index contributed by atoms with van der Waals surface area (Å²) in [5, 5.41) is 3.51. The molecule has 3 fully saturated rings. The third-order valence-corrected chi connectivity index (χ3v) is 7.91. The number of nitrogens with zero attached hydrogens (tertiary/aromatic N) is 3. The van der Waals surface area contributed by atoms with E-state index >= 15 is 0 Å². The number of hydrogen-bond acceptors (Lipinski definition) is 6. The highest BCUT2D eigenvalue weighted by molar-refractivity contribution is 6.00. The maximum absolute atomic E-state index is 13.9. The lowest BCUT2D eigenvalue weighted by molar-refractivity contribution is -0.124. The van der Waals surface area contributed by atoms with Crippen molar-refractivity contribution in [2.24, 2.45) is 5.92 Å². The number of rotatable bonds is 3. The van der Waals surface area contributed by atoms with E-state index < -0.39 is 0 Å². The Morgan fingerprint density at radius 1 is 1.09 bits per heavy atom. The summed E-state index contributed by atoms with van der Waals surface area (Å²) in [5.41, 5.74) is 4.12. The van der Waals surface area contributed by atoms with E-state index in [2.05, 4.69) is 39.5 Å². The molecule has 1 N–H and O–H groups in total. The minimum absolute atomic E-state index is 0.0331. The Hall–Kier alpha value is -2.64. The van der Waals surface area contributed by atoms with Crippen LogP contribution >= 0.6 is 0 Å². The third kappa shape index (κ3) is 3.77. The molecule has 1 aromatic heterocycles. The molecule has 2 aromatic rings. The van der Waals surface area contributed by atoms with Gasteiger partial charge in [-0.3, -0.25) is 4.79 Å². The minimum atomic E-state index is 0.0331. The molecule has 1 amide bonds. The topological polar surface area (TPSA) is 66.9 Å². The van der Waals surface area contributed by atoms with Crippen molar-refractivity contribution < 1.29 is 14.3 Å². The number of anilines is 4. The molecule has 6 rings (SSSR count). The van der Waals surface area contributed by atoms with E-state index in [4.69, 9.17) is 9.47 Å². The van der Waals surface area contributed by atoms with E-state index in [0.29, 0.717) is 18.6 Å². The molecule has 1 aliphatic carbocycles. The Morgan fingerprint density at radius 2 is 1.88 bits per heavy atom. The average molecular weight is 449 g/mol. The summed E-state index contributed by atoms with van der Waals surface area (Å²) in [7, 11) is 1.77. The van der Waals surface area contributed by atoms with Gasteiger partial charge >= 0.3 is 0 Å². The fourth-order valence-corrected chi connectivity index (χ4v) is 6.08. The van der Waals surface area contributed by atoms with Crippen molar-refractivity contribution in [3.05, 3.63) is 42.1 Å². The molecule has 7 nitrogen and oxygen atoms in total. The fourth-order valence-electron chi connectivity index (χ4n) is 6.08. The Kier molecular flexibility index (Phi) is 5.46. The molecule has 2 atom stereocenters. The van der Waals surface area contributed by atoms with Crippen molar-refractivity contribution in [2.45, 2.75) is 63.3 Å². The van der Waals surface area contributed by atoms with Gasteiger partial charge < -0.3 is 24.6 Å². The Morgan fingerprint density at radius 3 is 2.64 bits per heavy atom. The van der Waals surface area contributed by atoms with Crippen molar-refractivity contribution in [1.82, 2.24) is 4.98 Å². The number of pyridine rings is 1.